The van der Waals surface area contributed by atoms with E-state index in [9.17, 15) is 0 Å². The molecule has 0 N–H and O–H groups in total. The number of ether oxygens (including phenoxy) is 1. The summed E-state index contributed by atoms with van der Waals surface area (Å²) in [6.07, 6.45) is 9.02. The van der Waals surface area contributed by atoms with E-state index in [1.165, 1.54) is 36.1 Å². The molecular formula is C16H17ClN2OS. The molecule has 3 aliphatic rings. The Hall–Kier alpha value is -0.710. The maximum Gasteiger partial charge on any atom is 0.141 e. The van der Waals surface area contributed by atoms with Gasteiger partial charge in [-0.1, -0.05) is 11.6 Å². The van der Waals surface area contributed by atoms with Crippen molar-refractivity contribution in [2.24, 2.45) is 0 Å². The third kappa shape index (κ3) is 1.89. The van der Waals surface area contributed by atoms with Gasteiger partial charge in [-0.25, -0.2) is 9.97 Å². The van der Waals surface area contributed by atoms with Gasteiger partial charge in [0.15, 0.2) is 0 Å². The van der Waals surface area contributed by atoms with Crippen molar-refractivity contribution in [2.75, 3.05) is 0 Å². The average Bonchev–Trinajstić information content (AvgIpc) is 3.19. The Labute approximate surface area is 132 Å². The highest BCUT2D eigenvalue weighted by atomic mass is 35.5. The molecule has 3 nitrogen and oxygen atoms in total. The smallest absolute Gasteiger partial charge is 0.141 e. The van der Waals surface area contributed by atoms with E-state index in [2.05, 4.69) is 4.98 Å². The second-order valence-electron chi connectivity index (χ2n) is 6.48. The Morgan fingerprint density at radius 1 is 1.14 bits per heavy atom. The van der Waals surface area contributed by atoms with Crippen LogP contribution in [0.2, 0.25) is 5.15 Å². The van der Waals surface area contributed by atoms with Crippen LogP contribution < -0.4 is 0 Å². The van der Waals surface area contributed by atoms with Gasteiger partial charge in [0, 0.05) is 10.8 Å². The van der Waals surface area contributed by atoms with Crippen LogP contribution in [0.25, 0.3) is 10.2 Å². The van der Waals surface area contributed by atoms with E-state index in [1.807, 2.05) is 11.3 Å². The summed E-state index contributed by atoms with van der Waals surface area (Å²) in [5, 5.41) is 1.79. The topological polar surface area (TPSA) is 35.0 Å². The van der Waals surface area contributed by atoms with Crippen molar-refractivity contribution >= 4 is 33.2 Å². The number of hydrogen-bond acceptors (Lipinski definition) is 4. The number of nitrogens with zero attached hydrogens (tertiary/aromatic N) is 2. The van der Waals surface area contributed by atoms with Crippen LogP contribution in [0.4, 0.5) is 0 Å². The SMILES string of the molecule is Clc1nc(C2CC3CCC2O3)nc2sc3c(c12)CCCC3. The highest BCUT2D eigenvalue weighted by Gasteiger charge is 2.43. The van der Waals surface area contributed by atoms with Gasteiger partial charge in [0.1, 0.15) is 15.8 Å². The van der Waals surface area contributed by atoms with E-state index in [4.69, 9.17) is 21.3 Å². The molecule has 2 aromatic heterocycles. The fraction of sp³-hybridized carbons (Fsp3) is 0.625. The molecule has 0 aromatic carbocycles. The van der Waals surface area contributed by atoms with Crippen molar-refractivity contribution in [1.82, 2.24) is 9.97 Å². The lowest BCUT2D eigenvalue weighted by molar-refractivity contribution is 0.0999. The number of halogens is 1. The lowest BCUT2D eigenvalue weighted by Gasteiger charge is -2.17. The molecule has 2 saturated heterocycles. The number of aromatic nitrogens is 2. The quantitative estimate of drug-likeness (QED) is 0.736. The summed E-state index contributed by atoms with van der Waals surface area (Å²) < 4.78 is 5.95. The zero-order chi connectivity index (χ0) is 14.0. The zero-order valence-electron chi connectivity index (χ0n) is 11.8. The normalized spacial score (nSPS) is 31.0. The fourth-order valence-electron chi connectivity index (χ4n) is 4.20. The predicted molar refractivity (Wildman–Crippen MR) is 84.3 cm³/mol. The summed E-state index contributed by atoms with van der Waals surface area (Å²) in [5.41, 5.74) is 1.42. The molecule has 3 unspecified atom stereocenters. The summed E-state index contributed by atoms with van der Waals surface area (Å²) in [6.45, 7) is 0. The van der Waals surface area contributed by atoms with Crippen LogP contribution in [0.15, 0.2) is 0 Å². The second kappa shape index (κ2) is 4.64. The number of rotatable bonds is 1. The van der Waals surface area contributed by atoms with Gasteiger partial charge in [-0.05, 0) is 50.5 Å². The van der Waals surface area contributed by atoms with Crippen LogP contribution in [-0.4, -0.2) is 22.2 Å². The molecule has 5 heteroatoms. The Bertz CT molecular complexity index is 729. The molecule has 0 saturated carbocycles. The minimum atomic E-state index is 0.318. The molecule has 4 heterocycles. The van der Waals surface area contributed by atoms with Crippen LogP contribution in [0, 0.1) is 0 Å². The maximum absolute atomic E-state index is 6.54. The maximum atomic E-state index is 6.54. The van der Waals surface area contributed by atoms with Gasteiger partial charge in [-0.2, -0.15) is 0 Å². The lowest BCUT2D eigenvalue weighted by Crippen LogP contribution is -2.17. The fourth-order valence-corrected chi connectivity index (χ4v) is 5.82. The Balaban J connectivity index is 1.63. The highest BCUT2D eigenvalue weighted by molar-refractivity contribution is 7.19. The number of aryl methyl sites for hydroxylation is 2. The Morgan fingerprint density at radius 2 is 2.05 bits per heavy atom. The van der Waals surface area contributed by atoms with Crippen molar-refractivity contribution in [1.29, 1.82) is 0 Å². The van der Waals surface area contributed by atoms with E-state index in [-0.39, 0.29) is 0 Å². The summed E-state index contributed by atoms with van der Waals surface area (Å²) >= 11 is 8.37. The molecule has 2 bridgehead atoms. The van der Waals surface area contributed by atoms with E-state index in [0.29, 0.717) is 23.3 Å². The third-order valence-electron chi connectivity index (χ3n) is 5.23. The minimum Gasteiger partial charge on any atom is -0.374 e. The Kier molecular flexibility index (Phi) is 2.83. The number of fused-ring (bicyclic) bond motifs is 5. The van der Waals surface area contributed by atoms with Gasteiger partial charge in [-0.3, -0.25) is 0 Å². The molecule has 0 spiro atoms. The first-order chi connectivity index (χ1) is 10.3. The van der Waals surface area contributed by atoms with Gasteiger partial charge in [0.25, 0.3) is 0 Å². The van der Waals surface area contributed by atoms with Crippen molar-refractivity contribution < 1.29 is 4.74 Å². The van der Waals surface area contributed by atoms with Crippen LogP contribution in [0.3, 0.4) is 0 Å². The standard InChI is InChI=1S/C16H17ClN2OS/c17-14-13-9-3-1-2-4-12(9)21-16(13)19-15(18-14)10-7-8-5-6-11(10)20-8/h8,10-11H,1-7H2. The number of hydrogen-bond donors (Lipinski definition) is 0. The van der Waals surface area contributed by atoms with Crippen LogP contribution in [0.5, 0.6) is 0 Å². The first kappa shape index (κ1) is 12.8. The average molecular weight is 321 g/mol. The lowest BCUT2D eigenvalue weighted by atomic mass is 9.88. The van der Waals surface area contributed by atoms with Crippen molar-refractivity contribution in [3.8, 4) is 0 Å². The predicted octanol–water partition coefficient (Wildman–Crippen LogP) is 4.26. The first-order valence-corrected chi connectivity index (χ1v) is 9.12. The van der Waals surface area contributed by atoms with Gasteiger partial charge >= 0.3 is 0 Å². The summed E-state index contributed by atoms with van der Waals surface area (Å²) in [7, 11) is 0. The molecule has 0 radical (unpaired) electrons. The molecule has 3 atom stereocenters. The summed E-state index contributed by atoms with van der Waals surface area (Å²) in [5.74, 6) is 1.27. The van der Waals surface area contributed by atoms with Gasteiger partial charge in [0.05, 0.1) is 17.6 Å². The first-order valence-electron chi connectivity index (χ1n) is 7.93. The van der Waals surface area contributed by atoms with Gasteiger partial charge in [0.2, 0.25) is 0 Å². The Morgan fingerprint density at radius 3 is 2.86 bits per heavy atom. The van der Waals surface area contributed by atoms with Crippen LogP contribution >= 0.6 is 22.9 Å². The van der Waals surface area contributed by atoms with Crippen LogP contribution in [-0.2, 0) is 17.6 Å². The van der Waals surface area contributed by atoms with Gasteiger partial charge in [-0.15, -0.1) is 11.3 Å². The van der Waals surface area contributed by atoms with E-state index < -0.39 is 0 Å². The van der Waals surface area contributed by atoms with Gasteiger partial charge < -0.3 is 4.74 Å². The molecule has 5 rings (SSSR count). The van der Waals surface area contributed by atoms with Crippen molar-refractivity contribution in [2.45, 2.75) is 63.1 Å². The molecule has 1 aliphatic carbocycles. The minimum absolute atomic E-state index is 0.318. The van der Waals surface area contributed by atoms with E-state index in [1.54, 1.807) is 0 Å². The molecule has 2 fully saturated rings. The summed E-state index contributed by atoms with van der Waals surface area (Å²) in [4.78, 5) is 12.1. The monoisotopic (exact) mass is 320 g/mol. The number of thiophene rings is 1. The van der Waals surface area contributed by atoms with Crippen LogP contribution in [0.1, 0.15) is 54.3 Å². The van der Waals surface area contributed by atoms with Crippen molar-refractivity contribution in [3.05, 3.63) is 21.4 Å². The molecule has 0 amide bonds. The molecule has 2 aromatic rings. The highest BCUT2D eigenvalue weighted by Crippen LogP contribution is 2.45. The molecule has 21 heavy (non-hydrogen) atoms. The second-order valence-corrected chi connectivity index (χ2v) is 7.92. The third-order valence-corrected chi connectivity index (χ3v) is 6.68. The summed E-state index contributed by atoms with van der Waals surface area (Å²) in [6, 6.07) is 0. The van der Waals surface area contributed by atoms with E-state index in [0.717, 1.165) is 35.3 Å². The van der Waals surface area contributed by atoms with E-state index >= 15 is 0 Å². The zero-order valence-corrected chi connectivity index (χ0v) is 13.3. The molecule has 110 valence electrons. The largest absolute Gasteiger partial charge is 0.374 e. The molecular weight excluding hydrogens is 304 g/mol. The van der Waals surface area contributed by atoms with Crippen molar-refractivity contribution in [3.63, 3.8) is 0 Å². The molecule has 2 aliphatic heterocycles.